The number of aryl methyl sites for hydroxylation is 1. The van der Waals surface area contributed by atoms with Crippen molar-refractivity contribution in [2.75, 3.05) is 27.2 Å². The van der Waals surface area contributed by atoms with Gasteiger partial charge in [-0.05, 0) is 49.6 Å². The molecule has 0 spiro atoms. The molecule has 2 N–H and O–H groups in total. The van der Waals surface area contributed by atoms with Crippen molar-refractivity contribution < 1.29 is 4.74 Å². The van der Waals surface area contributed by atoms with Gasteiger partial charge in [0, 0.05) is 19.1 Å². The van der Waals surface area contributed by atoms with Crippen molar-refractivity contribution in [2.45, 2.75) is 26.3 Å². The minimum atomic E-state index is 0.327. The summed E-state index contributed by atoms with van der Waals surface area (Å²) >= 11 is 0. The van der Waals surface area contributed by atoms with Gasteiger partial charge in [0.05, 0.1) is 7.11 Å². The van der Waals surface area contributed by atoms with Crippen LogP contribution in [-0.4, -0.2) is 32.1 Å². The number of fused-ring (bicyclic) bond motifs is 1. The van der Waals surface area contributed by atoms with E-state index in [1.54, 1.807) is 7.11 Å². The van der Waals surface area contributed by atoms with E-state index in [9.17, 15) is 0 Å². The lowest BCUT2D eigenvalue weighted by atomic mass is 9.87. The number of hydrogen-bond donors (Lipinski definition) is 1. The van der Waals surface area contributed by atoms with Gasteiger partial charge < -0.3 is 10.5 Å². The maximum atomic E-state index is 5.92. The first-order valence-corrected chi connectivity index (χ1v) is 6.17. The van der Waals surface area contributed by atoms with Gasteiger partial charge in [-0.15, -0.1) is 0 Å². The fraction of sp³-hybridized carbons (Fsp3) is 0.571. The van der Waals surface area contributed by atoms with Crippen LogP contribution in [0.15, 0.2) is 6.07 Å². The molecule has 3 heteroatoms. The number of nitrogens with two attached hydrogens (primary N) is 1. The zero-order chi connectivity index (χ0) is 12.6. The molecule has 2 rings (SSSR count). The molecule has 0 fully saturated rings. The number of nitrogens with zero attached hydrogens (tertiary/aromatic N) is 1. The molecule has 1 heterocycles. The highest BCUT2D eigenvalue weighted by molar-refractivity contribution is 5.51. The van der Waals surface area contributed by atoms with E-state index in [2.05, 4.69) is 31.9 Å². The third-order valence-electron chi connectivity index (χ3n) is 3.87. The molecular weight excluding hydrogens is 212 g/mol. The fourth-order valence-corrected chi connectivity index (χ4v) is 3.02. The van der Waals surface area contributed by atoms with Crippen LogP contribution in [-0.2, 0) is 6.42 Å². The summed E-state index contributed by atoms with van der Waals surface area (Å²) in [6, 6.07) is 2.59. The molecule has 1 unspecified atom stereocenters. The molecule has 0 saturated carbocycles. The average molecular weight is 234 g/mol. The summed E-state index contributed by atoms with van der Waals surface area (Å²) in [6.07, 6.45) is 1.11. The summed E-state index contributed by atoms with van der Waals surface area (Å²) in [5.41, 5.74) is 11.2. The molecule has 1 aromatic carbocycles. The molecular formula is C14H22N2O. The van der Waals surface area contributed by atoms with E-state index in [1.165, 1.54) is 22.3 Å². The molecule has 1 aromatic rings. The Morgan fingerprint density at radius 3 is 2.76 bits per heavy atom. The quantitative estimate of drug-likeness (QED) is 0.848. The first-order valence-electron chi connectivity index (χ1n) is 6.17. The minimum absolute atomic E-state index is 0.327. The lowest BCUT2D eigenvalue weighted by molar-refractivity contribution is 0.234. The average Bonchev–Trinajstić information content (AvgIpc) is 2.30. The number of likely N-dealkylation sites (N-methyl/N-ethyl adjacent to an activating group) is 1. The number of benzene rings is 1. The van der Waals surface area contributed by atoms with Gasteiger partial charge in [0.15, 0.2) is 0 Å². The molecule has 1 atom stereocenters. The maximum Gasteiger partial charge on any atom is 0.125 e. The molecule has 0 bridgehead atoms. The van der Waals surface area contributed by atoms with Crippen molar-refractivity contribution in [3.63, 3.8) is 0 Å². The summed E-state index contributed by atoms with van der Waals surface area (Å²) < 4.78 is 5.51. The van der Waals surface area contributed by atoms with E-state index >= 15 is 0 Å². The summed E-state index contributed by atoms with van der Waals surface area (Å²) in [5.74, 6) is 1.01. The van der Waals surface area contributed by atoms with Crippen LogP contribution in [0.3, 0.4) is 0 Å². The lowest BCUT2D eigenvalue weighted by Gasteiger charge is -2.36. The molecule has 17 heavy (non-hydrogen) atoms. The molecule has 3 nitrogen and oxygen atoms in total. The van der Waals surface area contributed by atoms with Gasteiger partial charge in [-0.2, -0.15) is 0 Å². The number of ether oxygens (including phenoxy) is 1. The lowest BCUT2D eigenvalue weighted by Crippen LogP contribution is -2.37. The van der Waals surface area contributed by atoms with Gasteiger partial charge in [0.2, 0.25) is 0 Å². The van der Waals surface area contributed by atoms with E-state index in [0.717, 1.165) is 18.7 Å². The Hall–Kier alpha value is -1.06. The van der Waals surface area contributed by atoms with Crippen LogP contribution < -0.4 is 10.5 Å². The molecule has 0 aliphatic carbocycles. The normalized spacial score (nSPS) is 20.2. The first kappa shape index (κ1) is 12.4. The SMILES string of the molecule is COc1c(C)cc2c(c1C)C(CN)N(C)CC2. The molecule has 94 valence electrons. The highest BCUT2D eigenvalue weighted by atomic mass is 16.5. The Labute approximate surface area is 104 Å². The van der Waals surface area contributed by atoms with Crippen LogP contribution in [0.5, 0.6) is 5.75 Å². The van der Waals surface area contributed by atoms with Crippen LogP contribution >= 0.6 is 0 Å². The number of methoxy groups -OCH3 is 1. The molecule has 0 amide bonds. The molecule has 1 aliphatic heterocycles. The van der Waals surface area contributed by atoms with Crippen molar-refractivity contribution in [2.24, 2.45) is 5.73 Å². The first-order chi connectivity index (χ1) is 8.10. The molecule has 1 aliphatic rings. The third-order valence-corrected chi connectivity index (χ3v) is 3.87. The predicted molar refractivity (Wildman–Crippen MR) is 70.6 cm³/mol. The largest absolute Gasteiger partial charge is 0.496 e. The summed E-state index contributed by atoms with van der Waals surface area (Å²) in [5, 5.41) is 0. The standard InChI is InChI=1S/C14H22N2O/c1-9-7-11-5-6-16(3)12(8-15)13(11)10(2)14(9)17-4/h7,12H,5-6,8,15H2,1-4H3. The van der Waals surface area contributed by atoms with Crippen LogP contribution in [0.2, 0.25) is 0 Å². The van der Waals surface area contributed by atoms with Crippen LogP contribution in [0, 0.1) is 13.8 Å². The van der Waals surface area contributed by atoms with Crippen molar-refractivity contribution in [1.29, 1.82) is 0 Å². The van der Waals surface area contributed by atoms with Gasteiger partial charge in [-0.3, -0.25) is 4.90 Å². The summed E-state index contributed by atoms with van der Waals surface area (Å²) in [7, 11) is 3.89. The van der Waals surface area contributed by atoms with E-state index in [1.807, 2.05) is 0 Å². The van der Waals surface area contributed by atoms with Gasteiger partial charge >= 0.3 is 0 Å². The Balaban J connectivity index is 2.60. The van der Waals surface area contributed by atoms with Gasteiger partial charge in [0.1, 0.15) is 5.75 Å². The van der Waals surface area contributed by atoms with Crippen molar-refractivity contribution >= 4 is 0 Å². The van der Waals surface area contributed by atoms with Gasteiger partial charge in [-0.1, -0.05) is 6.07 Å². The Morgan fingerprint density at radius 2 is 2.18 bits per heavy atom. The monoisotopic (exact) mass is 234 g/mol. The van der Waals surface area contributed by atoms with E-state index in [4.69, 9.17) is 10.5 Å². The Morgan fingerprint density at radius 1 is 1.47 bits per heavy atom. The van der Waals surface area contributed by atoms with Crippen LogP contribution in [0.25, 0.3) is 0 Å². The summed E-state index contributed by atoms with van der Waals surface area (Å²) in [4.78, 5) is 2.34. The van der Waals surface area contributed by atoms with Crippen molar-refractivity contribution in [3.05, 3.63) is 28.3 Å². The third kappa shape index (κ3) is 1.94. The van der Waals surface area contributed by atoms with Crippen molar-refractivity contribution in [1.82, 2.24) is 4.90 Å². The smallest absolute Gasteiger partial charge is 0.125 e. The highest BCUT2D eigenvalue weighted by Gasteiger charge is 2.27. The number of rotatable bonds is 2. The zero-order valence-corrected chi connectivity index (χ0v) is 11.2. The van der Waals surface area contributed by atoms with Gasteiger partial charge in [0.25, 0.3) is 0 Å². The van der Waals surface area contributed by atoms with Crippen LogP contribution in [0.1, 0.15) is 28.3 Å². The second-order valence-electron chi connectivity index (χ2n) is 4.91. The molecule has 0 aromatic heterocycles. The molecule has 0 radical (unpaired) electrons. The van der Waals surface area contributed by atoms with E-state index in [-0.39, 0.29) is 0 Å². The van der Waals surface area contributed by atoms with Gasteiger partial charge in [-0.25, -0.2) is 0 Å². The second kappa shape index (κ2) is 4.67. The minimum Gasteiger partial charge on any atom is -0.496 e. The van der Waals surface area contributed by atoms with Crippen molar-refractivity contribution in [3.8, 4) is 5.75 Å². The zero-order valence-electron chi connectivity index (χ0n) is 11.2. The van der Waals surface area contributed by atoms with Crippen LogP contribution in [0.4, 0.5) is 0 Å². The number of hydrogen-bond acceptors (Lipinski definition) is 3. The Kier molecular flexibility index (Phi) is 3.40. The summed E-state index contributed by atoms with van der Waals surface area (Å²) in [6.45, 7) is 6.00. The predicted octanol–water partition coefficient (Wildman–Crippen LogP) is 1.80. The highest BCUT2D eigenvalue weighted by Crippen LogP contribution is 2.37. The van der Waals surface area contributed by atoms with E-state index in [0.29, 0.717) is 12.6 Å². The fourth-order valence-electron chi connectivity index (χ4n) is 3.02. The van der Waals surface area contributed by atoms with E-state index < -0.39 is 0 Å². The maximum absolute atomic E-state index is 5.92. The Bertz CT molecular complexity index is 429. The molecule has 0 saturated heterocycles. The second-order valence-corrected chi connectivity index (χ2v) is 4.91. The topological polar surface area (TPSA) is 38.5 Å².